The fourth-order valence-corrected chi connectivity index (χ4v) is 4.48. The van der Waals surface area contributed by atoms with Crippen LogP contribution in [-0.4, -0.2) is 24.6 Å². The van der Waals surface area contributed by atoms with Gasteiger partial charge in [0.25, 0.3) is 0 Å². The Morgan fingerprint density at radius 2 is 1.45 bits per heavy atom. The first-order valence-electron chi connectivity index (χ1n) is 9.03. The summed E-state index contributed by atoms with van der Waals surface area (Å²) < 4.78 is 64.6. The molecule has 0 radical (unpaired) electrons. The molecule has 0 saturated heterocycles. The highest BCUT2D eigenvalue weighted by molar-refractivity contribution is 7.90. The van der Waals surface area contributed by atoms with E-state index in [-0.39, 0.29) is 16.3 Å². The van der Waals surface area contributed by atoms with E-state index in [1.165, 1.54) is 35.6 Å². The summed E-state index contributed by atoms with van der Waals surface area (Å²) in [4.78, 5) is 8.40. The van der Waals surface area contributed by atoms with E-state index in [9.17, 15) is 21.6 Å². The SMILES string of the molecule is CS(=O)(=O)c1ccc(-c2nc(C(F)(F)F)nc(-c3cccs3)c2-c2ccccc2)cc1. The zero-order valence-electron chi connectivity index (χ0n) is 16.1. The molecule has 4 rings (SSSR count). The quantitative estimate of drug-likeness (QED) is 0.377. The fraction of sp³-hybridized carbons (Fsp3) is 0.0909. The highest BCUT2D eigenvalue weighted by atomic mass is 32.2. The van der Waals surface area contributed by atoms with Gasteiger partial charge in [0.05, 0.1) is 21.2 Å². The third-order valence-electron chi connectivity index (χ3n) is 4.54. The highest BCUT2D eigenvalue weighted by Crippen LogP contribution is 2.41. The van der Waals surface area contributed by atoms with E-state index in [0.717, 1.165) is 6.26 Å². The standard InChI is InChI=1S/C22H15F3N2O2S2/c1-31(28,29)16-11-9-15(10-12-16)19-18(14-6-3-2-4-7-14)20(17-8-5-13-30-17)27-21(26-19)22(23,24)25/h2-13H,1H3. The average Bonchev–Trinajstić information content (AvgIpc) is 3.27. The molecule has 4 aromatic rings. The van der Waals surface area contributed by atoms with Crippen LogP contribution >= 0.6 is 11.3 Å². The van der Waals surface area contributed by atoms with Crippen LogP contribution in [-0.2, 0) is 16.0 Å². The van der Waals surface area contributed by atoms with Gasteiger partial charge in [-0.3, -0.25) is 0 Å². The molecule has 0 N–H and O–H groups in total. The lowest BCUT2D eigenvalue weighted by Gasteiger charge is -2.17. The van der Waals surface area contributed by atoms with E-state index in [4.69, 9.17) is 0 Å². The van der Waals surface area contributed by atoms with Crippen molar-refractivity contribution in [3.8, 4) is 33.0 Å². The molecule has 0 saturated carbocycles. The molecule has 158 valence electrons. The van der Waals surface area contributed by atoms with E-state index >= 15 is 0 Å². The van der Waals surface area contributed by atoms with Crippen molar-refractivity contribution in [2.24, 2.45) is 0 Å². The van der Waals surface area contributed by atoms with Gasteiger partial charge < -0.3 is 0 Å². The Bertz CT molecular complexity index is 1320. The first-order chi connectivity index (χ1) is 14.6. The Morgan fingerprint density at radius 1 is 0.806 bits per heavy atom. The van der Waals surface area contributed by atoms with E-state index in [1.54, 1.807) is 47.8 Å². The van der Waals surface area contributed by atoms with Crippen molar-refractivity contribution in [3.05, 3.63) is 77.9 Å². The van der Waals surface area contributed by atoms with Crippen LogP contribution in [0.2, 0.25) is 0 Å². The van der Waals surface area contributed by atoms with E-state index < -0.39 is 21.8 Å². The predicted molar refractivity (Wildman–Crippen MR) is 114 cm³/mol. The van der Waals surface area contributed by atoms with Gasteiger partial charge in [0.2, 0.25) is 5.82 Å². The van der Waals surface area contributed by atoms with Crippen LogP contribution in [0.1, 0.15) is 5.82 Å². The van der Waals surface area contributed by atoms with E-state index in [2.05, 4.69) is 9.97 Å². The molecule has 0 aliphatic rings. The molecule has 0 amide bonds. The number of rotatable bonds is 4. The van der Waals surface area contributed by atoms with Crippen LogP contribution < -0.4 is 0 Å². The molecule has 4 nitrogen and oxygen atoms in total. The van der Waals surface area contributed by atoms with Crippen LogP contribution in [0.5, 0.6) is 0 Å². The molecule has 2 aromatic carbocycles. The number of sulfone groups is 1. The van der Waals surface area contributed by atoms with Crippen LogP contribution in [0.3, 0.4) is 0 Å². The molecule has 0 bridgehead atoms. The Hall–Kier alpha value is -3.04. The maximum atomic E-state index is 13.7. The third-order valence-corrected chi connectivity index (χ3v) is 6.54. The first kappa shape index (κ1) is 21.2. The largest absolute Gasteiger partial charge is 0.451 e. The summed E-state index contributed by atoms with van der Waals surface area (Å²) in [5.41, 5.74) is 1.71. The normalized spacial score (nSPS) is 12.1. The number of thiophene rings is 1. The van der Waals surface area contributed by atoms with Gasteiger partial charge in [0.1, 0.15) is 0 Å². The molecule has 2 heterocycles. The summed E-state index contributed by atoms with van der Waals surface area (Å²) in [6, 6.07) is 18.0. The second-order valence-corrected chi connectivity index (χ2v) is 9.72. The third kappa shape index (κ3) is 4.38. The lowest BCUT2D eigenvalue weighted by Crippen LogP contribution is -2.13. The van der Waals surface area contributed by atoms with Crippen LogP contribution in [0, 0.1) is 0 Å². The Balaban J connectivity index is 2.06. The molecule has 0 unspecified atom stereocenters. The van der Waals surface area contributed by atoms with Gasteiger partial charge in [-0.05, 0) is 29.1 Å². The van der Waals surface area contributed by atoms with Crippen molar-refractivity contribution in [3.63, 3.8) is 0 Å². The number of nitrogens with zero attached hydrogens (tertiary/aromatic N) is 2. The maximum Gasteiger partial charge on any atom is 0.451 e. The van der Waals surface area contributed by atoms with E-state index in [1.807, 2.05) is 0 Å². The predicted octanol–water partition coefficient (Wildman–Crippen LogP) is 5.96. The molecule has 0 aliphatic heterocycles. The maximum absolute atomic E-state index is 13.7. The van der Waals surface area contributed by atoms with Crippen molar-refractivity contribution in [1.82, 2.24) is 9.97 Å². The van der Waals surface area contributed by atoms with Crippen LogP contribution in [0.25, 0.3) is 33.0 Å². The van der Waals surface area contributed by atoms with Gasteiger partial charge in [-0.15, -0.1) is 11.3 Å². The second-order valence-electron chi connectivity index (χ2n) is 6.76. The lowest BCUT2D eigenvalue weighted by atomic mass is 9.96. The molecule has 0 fully saturated rings. The minimum Gasteiger partial charge on any atom is -0.224 e. The number of halogens is 3. The summed E-state index contributed by atoms with van der Waals surface area (Å²) >= 11 is 1.28. The Morgan fingerprint density at radius 3 is 2.00 bits per heavy atom. The number of hydrogen-bond acceptors (Lipinski definition) is 5. The zero-order valence-corrected chi connectivity index (χ0v) is 17.7. The Labute approximate surface area is 181 Å². The average molecular weight is 461 g/mol. The lowest BCUT2D eigenvalue weighted by molar-refractivity contribution is -0.144. The number of alkyl halides is 3. The number of hydrogen-bond donors (Lipinski definition) is 0. The Kier molecular flexibility index (Phi) is 5.40. The van der Waals surface area contributed by atoms with Crippen molar-refractivity contribution in [1.29, 1.82) is 0 Å². The topological polar surface area (TPSA) is 59.9 Å². The summed E-state index contributed by atoms with van der Waals surface area (Å²) in [5.74, 6) is -1.25. The minimum absolute atomic E-state index is 0.0705. The van der Waals surface area contributed by atoms with Gasteiger partial charge >= 0.3 is 6.18 Å². The summed E-state index contributed by atoms with van der Waals surface area (Å²) in [5, 5.41) is 1.76. The van der Waals surface area contributed by atoms with Gasteiger partial charge in [-0.2, -0.15) is 13.2 Å². The molecular formula is C22H15F3N2O2S2. The molecule has 9 heteroatoms. The van der Waals surface area contributed by atoms with Gasteiger partial charge in [0, 0.05) is 17.4 Å². The van der Waals surface area contributed by atoms with Gasteiger partial charge in [-0.25, -0.2) is 18.4 Å². The molecule has 0 aliphatic carbocycles. The molecule has 31 heavy (non-hydrogen) atoms. The minimum atomic E-state index is -4.75. The molecule has 2 aromatic heterocycles. The number of benzene rings is 2. The molecule has 0 spiro atoms. The summed E-state index contributed by atoms with van der Waals surface area (Å²) in [7, 11) is -3.45. The van der Waals surface area contributed by atoms with Gasteiger partial charge in [0.15, 0.2) is 9.84 Å². The summed E-state index contributed by atoms with van der Waals surface area (Å²) in [6.45, 7) is 0. The molecule has 0 atom stereocenters. The molecular weight excluding hydrogens is 445 g/mol. The van der Waals surface area contributed by atoms with Crippen molar-refractivity contribution in [2.45, 2.75) is 11.1 Å². The summed E-state index contributed by atoms with van der Waals surface area (Å²) in [6.07, 6.45) is -3.68. The monoisotopic (exact) mass is 460 g/mol. The highest BCUT2D eigenvalue weighted by Gasteiger charge is 2.37. The van der Waals surface area contributed by atoms with Crippen LogP contribution in [0.4, 0.5) is 13.2 Å². The smallest absolute Gasteiger partial charge is 0.224 e. The van der Waals surface area contributed by atoms with Crippen LogP contribution in [0.15, 0.2) is 77.0 Å². The van der Waals surface area contributed by atoms with E-state index in [0.29, 0.717) is 21.6 Å². The van der Waals surface area contributed by atoms with Crippen molar-refractivity contribution >= 4 is 21.2 Å². The van der Waals surface area contributed by atoms with Crippen molar-refractivity contribution in [2.75, 3.05) is 6.26 Å². The number of aromatic nitrogens is 2. The van der Waals surface area contributed by atoms with Gasteiger partial charge in [-0.1, -0.05) is 48.5 Å². The van der Waals surface area contributed by atoms with Crippen molar-refractivity contribution < 1.29 is 21.6 Å². The first-order valence-corrected chi connectivity index (χ1v) is 11.8. The second kappa shape index (κ2) is 7.90. The fourth-order valence-electron chi connectivity index (χ4n) is 3.13. The zero-order chi connectivity index (χ0) is 22.2.